The van der Waals surface area contributed by atoms with Crippen LogP contribution in [0.1, 0.15) is 22.3 Å². The van der Waals surface area contributed by atoms with Gasteiger partial charge in [-0.2, -0.15) is 0 Å². The molecule has 0 aliphatic carbocycles. The van der Waals surface area contributed by atoms with E-state index >= 15 is 0 Å². The van der Waals surface area contributed by atoms with E-state index in [1.165, 1.54) is 14.2 Å². The number of benzene rings is 1. The fourth-order valence-electron chi connectivity index (χ4n) is 1.56. The third kappa shape index (κ3) is 2.39. The summed E-state index contributed by atoms with van der Waals surface area (Å²) in [6.07, 6.45) is 2.55. The molecule has 0 saturated carbocycles. The first-order valence-electron chi connectivity index (χ1n) is 4.91. The molecular weight excluding hydrogens is 208 g/mol. The highest BCUT2D eigenvalue weighted by molar-refractivity contribution is 5.81. The minimum Gasteiger partial charge on any atom is -0.493 e. The largest absolute Gasteiger partial charge is 0.493 e. The average Bonchev–Trinajstić information content (AvgIpc) is 2.34. The van der Waals surface area contributed by atoms with Crippen LogP contribution in [0.2, 0.25) is 0 Å². The summed E-state index contributed by atoms with van der Waals surface area (Å²) in [4.78, 5) is 21.1. The van der Waals surface area contributed by atoms with Crippen LogP contribution in [0.15, 0.2) is 12.1 Å². The Kier molecular flexibility index (Phi) is 4.51. The van der Waals surface area contributed by atoms with Gasteiger partial charge >= 0.3 is 0 Å². The molecule has 0 amide bonds. The molecule has 4 nitrogen and oxygen atoms in total. The van der Waals surface area contributed by atoms with Crippen molar-refractivity contribution in [2.75, 3.05) is 14.2 Å². The zero-order valence-electron chi connectivity index (χ0n) is 9.36. The number of carbonyl (C=O) groups excluding carboxylic acids is 2. The minimum absolute atomic E-state index is 0.417. The lowest BCUT2D eigenvalue weighted by molar-refractivity contribution is -0.107. The molecule has 4 heteroatoms. The second kappa shape index (κ2) is 5.90. The summed E-state index contributed by atoms with van der Waals surface area (Å²) in [5.41, 5.74) is 1.30. The Bertz CT molecular complexity index is 385. The Hall–Kier alpha value is -1.84. The van der Waals surface area contributed by atoms with Crippen LogP contribution in [-0.2, 0) is 11.2 Å². The van der Waals surface area contributed by atoms with Gasteiger partial charge in [0, 0.05) is 6.42 Å². The van der Waals surface area contributed by atoms with Gasteiger partial charge in [-0.05, 0) is 18.1 Å². The van der Waals surface area contributed by atoms with E-state index in [1.807, 2.05) is 0 Å². The first-order valence-corrected chi connectivity index (χ1v) is 4.91. The molecule has 0 spiro atoms. The SMILES string of the molecule is COc1c(C=O)ccc(CCC=O)c1OC. The first kappa shape index (κ1) is 12.2. The van der Waals surface area contributed by atoms with E-state index in [9.17, 15) is 9.59 Å². The summed E-state index contributed by atoms with van der Waals surface area (Å²) in [6, 6.07) is 3.43. The maximum atomic E-state index is 10.8. The number of ether oxygens (including phenoxy) is 2. The van der Waals surface area contributed by atoms with Crippen molar-refractivity contribution >= 4 is 12.6 Å². The van der Waals surface area contributed by atoms with E-state index in [0.717, 1.165) is 11.8 Å². The number of hydrogen-bond donors (Lipinski definition) is 0. The molecule has 0 fully saturated rings. The Labute approximate surface area is 94.2 Å². The van der Waals surface area contributed by atoms with Gasteiger partial charge in [0.05, 0.1) is 19.8 Å². The van der Waals surface area contributed by atoms with Crippen molar-refractivity contribution in [1.29, 1.82) is 0 Å². The molecule has 0 radical (unpaired) electrons. The van der Waals surface area contributed by atoms with Crippen LogP contribution < -0.4 is 9.47 Å². The van der Waals surface area contributed by atoms with Crippen LogP contribution in [0.5, 0.6) is 11.5 Å². The Morgan fingerprint density at radius 2 is 1.81 bits per heavy atom. The molecule has 0 unspecified atom stereocenters. The molecule has 16 heavy (non-hydrogen) atoms. The second-order valence-corrected chi connectivity index (χ2v) is 3.20. The zero-order chi connectivity index (χ0) is 12.0. The molecule has 0 aromatic heterocycles. The summed E-state index contributed by atoms with van der Waals surface area (Å²) < 4.78 is 10.3. The smallest absolute Gasteiger partial charge is 0.171 e. The van der Waals surface area contributed by atoms with Crippen LogP contribution in [0.25, 0.3) is 0 Å². The number of methoxy groups -OCH3 is 2. The van der Waals surface area contributed by atoms with Gasteiger partial charge in [-0.3, -0.25) is 4.79 Å². The fraction of sp³-hybridized carbons (Fsp3) is 0.333. The molecule has 0 atom stereocenters. The topological polar surface area (TPSA) is 52.6 Å². The van der Waals surface area contributed by atoms with Gasteiger partial charge < -0.3 is 14.3 Å². The van der Waals surface area contributed by atoms with E-state index < -0.39 is 0 Å². The van der Waals surface area contributed by atoms with Crippen LogP contribution in [0.3, 0.4) is 0 Å². The van der Waals surface area contributed by atoms with Gasteiger partial charge in [0.15, 0.2) is 17.8 Å². The van der Waals surface area contributed by atoms with Crippen LogP contribution in [-0.4, -0.2) is 26.8 Å². The highest BCUT2D eigenvalue weighted by Crippen LogP contribution is 2.34. The normalized spacial score (nSPS) is 9.62. The number of carbonyl (C=O) groups is 2. The van der Waals surface area contributed by atoms with Gasteiger partial charge in [-0.15, -0.1) is 0 Å². The summed E-state index contributed by atoms with van der Waals surface area (Å²) >= 11 is 0. The molecule has 0 aliphatic rings. The number of aryl methyl sites for hydroxylation is 1. The molecular formula is C12H14O4. The summed E-state index contributed by atoms with van der Waals surface area (Å²) in [7, 11) is 2.99. The highest BCUT2D eigenvalue weighted by Gasteiger charge is 2.13. The summed E-state index contributed by atoms with van der Waals surface area (Å²) in [5, 5.41) is 0. The standard InChI is InChI=1S/C12H14O4/c1-15-11-9(4-3-7-13)5-6-10(8-14)12(11)16-2/h5-8H,3-4H2,1-2H3. The van der Waals surface area contributed by atoms with Gasteiger partial charge in [-0.1, -0.05) is 6.07 Å². The average molecular weight is 222 g/mol. The number of aldehydes is 2. The van der Waals surface area contributed by atoms with Gasteiger partial charge in [0.1, 0.15) is 6.29 Å². The van der Waals surface area contributed by atoms with Crippen LogP contribution in [0.4, 0.5) is 0 Å². The van der Waals surface area contributed by atoms with Crippen molar-refractivity contribution in [3.8, 4) is 11.5 Å². The van der Waals surface area contributed by atoms with Crippen molar-refractivity contribution in [2.24, 2.45) is 0 Å². The number of rotatable bonds is 6. The van der Waals surface area contributed by atoms with Gasteiger partial charge in [0.25, 0.3) is 0 Å². The first-order chi connectivity index (χ1) is 7.78. The number of hydrogen-bond acceptors (Lipinski definition) is 4. The van der Waals surface area contributed by atoms with E-state index in [-0.39, 0.29) is 0 Å². The predicted octanol–water partition coefficient (Wildman–Crippen LogP) is 1.65. The molecule has 1 rings (SSSR count). The fourth-order valence-corrected chi connectivity index (χ4v) is 1.56. The van der Waals surface area contributed by atoms with Crippen molar-refractivity contribution in [2.45, 2.75) is 12.8 Å². The monoisotopic (exact) mass is 222 g/mol. The van der Waals surface area contributed by atoms with Crippen molar-refractivity contribution < 1.29 is 19.1 Å². The minimum atomic E-state index is 0.417. The molecule has 86 valence electrons. The van der Waals surface area contributed by atoms with E-state index in [1.54, 1.807) is 12.1 Å². The molecule has 0 bridgehead atoms. The second-order valence-electron chi connectivity index (χ2n) is 3.20. The molecule has 0 aliphatic heterocycles. The van der Waals surface area contributed by atoms with E-state index in [2.05, 4.69) is 0 Å². The van der Waals surface area contributed by atoms with Gasteiger partial charge in [0.2, 0.25) is 0 Å². The van der Waals surface area contributed by atoms with Crippen molar-refractivity contribution in [3.05, 3.63) is 23.3 Å². The lowest BCUT2D eigenvalue weighted by atomic mass is 10.1. The molecule has 1 aromatic rings. The van der Waals surface area contributed by atoms with E-state index in [0.29, 0.717) is 36.2 Å². The van der Waals surface area contributed by atoms with E-state index in [4.69, 9.17) is 9.47 Å². The Balaban J connectivity index is 3.19. The molecule has 1 aromatic carbocycles. The third-order valence-electron chi connectivity index (χ3n) is 2.29. The zero-order valence-corrected chi connectivity index (χ0v) is 9.36. The third-order valence-corrected chi connectivity index (χ3v) is 2.29. The Morgan fingerprint density at radius 1 is 1.12 bits per heavy atom. The lowest BCUT2D eigenvalue weighted by Crippen LogP contribution is -2.00. The molecule has 0 heterocycles. The predicted molar refractivity (Wildman–Crippen MR) is 59.3 cm³/mol. The molecule has 0 saturated heterocycles. The highest BCUT2D eigenvalue weighted by atomic mass is 16.5. The maximum Gasteiger partial charge on any atom is 0.171 e. The summed E-state index contributed by atoms with van der Waals surface area (Å²) in [6.45, 7) is 0. The lowest BCUT2D eigenvalue weighted by Gasteiger charge is -2.13. The summed E-state index contributed by atoms with van der Waals surface area (Å²) in [5.74, 6) is 0.940. The maximum absolute atomic E-state index is 10.8. The molecule has 0 N–H and O–H groups in total. The van der Waals surface area contributed by atoms with Gasteiger partial charge in [-0.25, -0.2) is 0 Å². The van der Waals surface area contributed by atoms with Crippen molar-refractivity contribution in [3.63, 3.8) is 0 Å². The Morgan fingerprint density at radius 3 is 2.31 bits per heavy atom. The van der Waals surface area contributed by atoms with Crippen LogP contribution in [0, 0.1) is 0 Å². The van der Waals surface area contributed by atoms with Crippen molar-refractivity contribution in [1.82, 2.24) is 0 Å². The van der Waals surface area contributed by atoms with Crippen LogP contribution >= 0.6 is 0 Å². The quantitative estimate of drug-likeness (QED) is 0.687.